The molecule has 0 aliphatic carbocycles. The van der Waals surface area contributed by atoms with E-state index in [1.54, 1.807) is 43.5 Å². The summed E-state index contributed by atoms with van der Waals surface area (Å²) in [4.78, 5) is 32.6. The van der Waals surface area contributed by atoms with Gasteiger partial charge in [-0.2, -0.15) is 0 Å². The molecule has 1 aliphatic rings. The Bertz CT molecular complexity index is 1480. The van der Waals surface area contributed by atoms with Crippen LogP contribution in [0, 0.1) is 6.92 Å². The number of hydrogen-bond donors (Lipinski definition) is 1. The van der Waals surface area contributed by atoms with Gasteiger partial charge in [0.25, 0.3) is 5.78 Å². The van der Waals surface area contributed by atoms with E-state index in [-0.39, 0.29) is 11.3 Å². The highest BCUT2D eigenvalue weighted by Crippen LogP contribution is 2.44. The molecule has 0 radical (unpaired) electrons. The summed E-state index contributed by atoms with van der Waals surface area (Å²) in [5.74, 6) is -1.10. The average Bonchev–Trinajstić information content (AvgIpc) is 3.36. The first kappa shape index (κ1) is 22.1. The summed E-state index contributed by atoms with van der Waals surface area (Å²) in [5, 5.41) is 12.0. The quantitative estimate of drug-likeness (QED) is 0.219. The Hall–Kier alpha value is -3.68. The standard InChI is InChI=1S/C26H19ClN2O4S/c1-14-4-3-5-16(12-14)22-21(23(30)15-6-8-17(27)9-7-15)24(31)25(32)29(22)26-28-19-11-10-18(33-2)13-20(19)34-26/h3-13,22,30H,1-2H3/b23-21+. The first-order valence-electron chi connectivity index (χ1n) is 10.5. The number of carbonyl (C=O) groups excluding carboxylic acids is 2. The molecule has 1 aliphatic heterocycles. The summed E-state index contributed by atoms with van der Waals surface area (Å²) in [5.41, 5.74) is 2.75. The molecule has 0 saturated carbocycles. The van der Waals surface area contributed by atoms with Crippen LogP contribution in [0.5, 0.6) is 5.75 Å². The molecular weight excluding hydrogens is 472 g/mol. The van der Waals surface area contributed by atoms with Gasteiger partial charge in [-0.25, -0.2) is 4.98 Å². The molecule has 170 valence electrons. The average molecular weight is 491 g/mol. The van der Waals surface area contributed by atoms with Crippen LogP contribution in [0.25, 0.3) is 16.0 Å². The third-order valence-corrected chi connectivity index (χ3v) is 6.98. The van der Waals surface area contributed by atoms with Crippen LogP contribution in [0.1, 0.15) is 22.7 Å². The Balaban J connectivity index is 1.72. The van der Waals surface area contributed by atoms with Gasteiger partial charge in [-0.3, -0.25) is 14.5 Å². The lowest BCUT2D eigenvalue weighted by Crippen LogP contribution is -2.29. The number of aromatic nitrogens is 1. The normalized spacial score (nSPS) is 17.5. The summed E-state index contributed by atoms with van der Waals surface area (Å²) in [6.07, 6.45) is 0. The molecule has 4 aromatic rings. The van der Waals surface area contributed by atoms with Crippen LogP contribution < -0.4 is 9.64 Å². The minimum Gasteiger partial charge on any atom is -0.507 e. The van der Waals surface area contributed by atoms with Gasteiger partial charge in [0.05, 0.1) is 28.9 Å². The molecule has 2 heterocycles. The van der Waals surface area contributed by atoms with E-state index in [0.29, 0.717) is 32.5 Å². The molecule has 5 rings (SSSR count). The number of hydrogen-bond acceptors (Lipinski definition) is 6. The molecule has 1 atom stereocenters. The molecule has 1 N–H and O–H groups in total. The van der Waals surface area contributed by atoms with Crippen molar-refractivity contribution in [2.24, 2.45) is 0 Å². The van der Waals surface area contributed by atoms with E-state index in [4.69, 9.17) is 16.3 Å². The minimum atomic E-state index is -0.835. The summed E-state index contributed by atoms with van der Waals surface area (Å²) in [6.45, 7) is 1.93. The summed E-state index contributed by atoms with van der Waals surface area (Å²) >= 11 is 7.27. The van der Waals surface area contributed by atoms with E-state index in [0.717, 1.165) is 10.3 Å². The van der Waals surface area contributed by atoms with Gasteiger partial charge in [-0.15, -0.1) is 0 Å². The highest BCUT2D eigenvalue weighted by atomic mass is 35.5. The number of Topliss-reactive ketones (excluding diaryl/α,β-unsaturated/α-hetero) is 1. The first-order valence-corrected chi connectivity index (χ1v) is 11.6. The smallest absolute Gasteiger partial charge is 0.301 e. The molecule has 0 bridgehead atoms. The molecule has 0 spiro atoms. The van der Waals surface area contributed by atoms with Crippen molar-refractivity contribution in [3.63, 3.8) is 0 Å². The third kappa shape index (κ3) is 3.73. The minimum absolute atomic E-state index is 0.00904. The number of ether oxygens (including phenoxy) is 1. The van der Waals surface area contributed by atoms with Crippen molar-refractivity contribution in [1.82, 2.24) is 4.98 Å². The molecule has 1 fully saturated rings. The van der Waals surface area contributed by atoms with Gasteiger partial charge in [0.1, 0.15) is 11.5 Å². The van der Waals surface area contributed by atoms with Gasteiger partial charge < -0.3 is 9.84 Å². The van der Waals surface area contributed by atoms with Crippen molar-refractivity contribution in [3.05, 3.63) is 94.0 Å². The Morgan fingerprint density at radius 1 is 1.09 bits per heavy atom. The molecule has 1 amide bonds. The van der Waals surface area contributed by atoms with E-state index >= 15 is 0 Å². The number of amides is 1. The zero-order valence-corrected chi connectivity index (χ0v) is 19.9. The Kier molecular flexibility index (Phi) is 5.59. The van der Waals surface area contributed by atoms with Gasteiger partial charge in [-0.1, -0.05) is 52.8 Å². The maximum absolute atomic E-state index is 13.3. The topological polar surface area (TPSA) is 79.7 Å². The number of fused-ring (bicyclic) bond motifs is 1. The number of rotatable bonds is 4. The van der Waals surface area contributed by atoms with Gasteiger partial charge in [-0.05, 0) is 55.0 Å². The van der Waals surface area contributed by atoms with Crippen LogP contribution in [-0.4, -0.2) is 28.9 Å². The number of ketones is 1. The maximum atomic E-state index is 13.3. The van der Waals surface area contributed by atoms with E-state index in [2.05, 4.69) is 4.98 Å². The predicted octanol–water partition coefficient (Wildman–Crippen LogP) is 5.89. The maximum Gasteiger partial charge on any atom is 0.301 e. The summed E-state index contributed by atoms with van der Waals surface area (Å²) in [7, 11) is 1.58. The second-order valence-electron chi connectivity index (χ2n) is 7.92. The van der Waals surface area contributed by atoms with Crippen LogP contribution >= 0.6 is 22.9 Å². The monoisotopic (exact) mass is 490 g/mol. The fourth-order valence-corrected chi connectivity index (χ4v) is 5.22. The molecule has 34 heavy (non-hydrogen) atoms. The largest absolute Gasteiger partial charge is 0.507 e. The van der Waals surface area contributed by atoms with Crippen molar-refractivity contribution in [1.29, 1.82) is 0 Å². The second-order valence-corrected chi connectivity index (χ2v) is 9.37. The van der Waals surface area contributed by atoms with Crippen LogP contribution in [0.15, 0.2) is 72.3 Å². The van der Waals surface area contributed by atoms with Gasteiger partial charge in [0, 0.05) is 10.6 Å². The van der Waals surface area contributed by atoms with E-state index in [9.17, 15) is 14.7 Å². The Morgan fingerprint density at radius 2 is 1.85 bits per heavy atom. The van der Waals surface area contributed by atoms with Crippen molar-refractivity contribution in [2.75, 3.05) is 12.0 Å². The van der Waals surface area contributed by atoms with Crippen LogP contribution in [0.4, 0.5) is 5.13 Å². The van der Waals surface area contributed by atoms with E-state index in [1.165, 1.54) is 16.2 Å². The molecule has 1 unspecified atom stereocenters. The fourth-order valence-electron chi connectivity index (χ4n) is 4.07. The number of carbonyl (C=O) groups is 2. The lowest BCUT2D eigenvalue weighted by Gasteiger charge is -2.23. The highest BCUT2D eigenvalue weighted by Gasteiger charge is 2.48. The molecule has 6 nitrogen and oxygen atoms in total. The van der Waals surface area contributed by atoms with Gasteiger partial charge in [0.15, 0.2) is 5.13 Å². The van der Waals surface area contributed by atoms with Crippen LogP contribution in [0.3, 0.4) is 0 Å². The van der Waals surface area contributed by atoms with Crippen molar-refractivity contribution < 1.29 is 19.4 Å². The predicted molar refractivity (Wildman–Crippen MR) is 134 cm³/mol. The lowest BCUT2D eigenvalue weighted by atomic mass is 9.94. The molecule has 1 saturated heterocycles. The van der Waals surface area contributed by atoms with Crippen molar-refractivity contribution in [2.45, 2.75) is 13.0 Å². The van der Waals surface area contributed by atoms with Gasteiger partial charge >= 0.3 is 5.91 Å². The second kappa shape index (κ2) is 8.59. The van der Waals surface area contributed by atoms with Crippen molar-refractivity contribution >= 4 is 55.7 Å². The number of benzene rings is 3. The Labute approximate surface area is 204 Å². The zero-order chi connectivity index (χ0) is 24.0. The van der Waals surface area contributed by atoms with Crippen LogP contribution in [0.2, 0.25) is 5.02 Å². The lowest BCUT2D eigenvalue weighted by molar-refractivity contribution is -0.132. The van der Waals surface area contributed by atoms with E-state index < -0.39 is 17.7 Å². The number of anilines is 1. The summed E-state index contributed by atoms with van der Waals surface area (Å²) < 4.78 is 6.12. The number of methoxy groups -OCH3 is 1. The number of nitrogens with zero attached hydrogens (tertiary/aromatic N) is 2. The SMILES string of the molecule is COc1ccc2nc(N3C(=O)C(=O)/C(=C(/O)c4ccc(Cl)cc4)C3c3cccc(C)c3)sc2c1. The molecule has 8 heteroatoms. The molecule has 3 aromatic carbocycles. The molecule has 1 aromatic heterocycles. The number of thiazole rings is 1. The number of aliphatic hydroxyl groups is 1. The Morgan fingerprint density at radius 3 is 2.56 bits per heavy atom. The van der Waals surface area contributed by atoms with Gasteiger partial charge in [0.2, 0.25) is 0 Å². The molecular formula is C26H19ClN2O4S. The first-order chi connectivity index (χ1) is 16.4. The highest BCUT2D eigenvalue weighted by molar-refractivity contribution is 7.22. The van der Waals surface area contributed by atoms with E-state index in [1.807, 2.05) is 37.3 Å². The number of halogens is 1. The van der Waals surface area contributed by atoms with Crippen LogP contribution in [-0.2, 0) is 9.59 Å². The number of aryl methyl sites for hydroxylation is 1. The van der Waals surface area contributed by atoms with Crippen molar-refractivity contribution in [3.8, 4) is 5.75 Å². The summed E-state index contributed by atoms with van der Waals surface area (Å²) in [6, 6.07) is 18.6. The number of aliphatic hydroxyl groups excluding tert-OH is 1. The zero-order valence-electron chi connectivity index (χ0n) is 18.3. The fraction of sp³-hybridized carbons (Fsp3) is 0.115. The third-order valence-electron chi connectivity index (χ3n) is 5.71.